The first kappa shape index (κ1) is 14.8. The van der Waals surface area contributed by atoms with Gasteiger partial charge >= 0.3 is 0 Å². The Balaban J connectivity index is 2.32. The Bertz CT molecular complexity index is 567. The van der Waals surface area contributed by atoms with E-state index in [1.165, 1.54) is 22.0 Å². The van der Waals surface area contributed by atoms with E-state index >= 15 is 0 Å². The van der Waals surface area contributed by atoms with Gasteiger partial charge < -0.3 is 4.52 Å². The van der Waals surface area contributed by atoms with E-state index in [0.717, 1.165) is 11.9 Å². The predicted octanol–water partition coefficient (Wildman–Crippen LogP) is 4.90. The van der Waals surface area contributed by atoms with Crippen molar-refractivity contribution >= 4 is 13.5 Å². The molecule has 0 radical (unpaired) electrons. The minimum atomic E-state index is -0.692. The first-order chi connectivity index (χ1) is 9.61. The molecular formula is C18H21OP. The van der Waals surface area contributed by atoms with Crippen LogP contribution < -0.4 is 9.83 Å². The van der Waals surface area contributed by atoms with E-state index in [2.05, 4.69) is 63.7 Å². The lowest BCUT2D eigenvalue weighted by Crippen LogP contribution is -2.08. The molecule has 1 unspecified atom stereocenters. The summed E-state index contributed by atoms with van der Waals surface area (Å²) >= 11 is 0. The SMILES string of the molecule is C=CCP(Oc1c(C)cc(C)cc1C)c1ccccc1. The van der Waals surface area contributed by atoms with E-state index in [0.29, 0.717) is 0 Å². The number of aryl methyl sites for hydroxylation is 3. The van der Waals surface area contributed by atoms with Gasteiger partial charge in [-0.2, -0.15) is 0 Å². The van der Waals surface area contributed by atoms with Crippen LogP contribution in [-0.4, -0.2) is 6.16 Å². The maximum Gasteiger partial charge on any atom is 0.129 e. The van der Waals surface area contributed by atoms with Gasteiger partial charge in [-0.1, -0.05) is 54.1 Å². The van der Waals surface area contributed by atoms with Gasteiger partial charge in [0.15, 0.2) is 0 Å². The largest absolute Gasteiger partial charge is 0.468 e. The lowest BCUT2D eigenvalue weighted by atomic mass is 10.1. The zero-order valence-corrected chi connectivity index (χ0v) is 13.3. The van der Waals surface area contributed by atoms with Crippen molar-refractivity contribution in [2.45, 2.75) is 20.8 Å². The molecule has 0 aliphatic heterocycles. The van der Waals surface area contributed by atoms with Gasteiger partial charge in [0.1, 0.15) is 13.9 Å². The van der Waals surface area contributed by atoms with E-state index < -0.39 is 8.15 Å². The molecule has 1 nitrogen and oxygen atoms in total. The summed E-state index contributed by atoms with van der Waals surface area (Å²) < 4.78 is 6.35. The van der Waals surface area contributed by atoms with Crippen molar-refractivity contribution in [1.82, 2.24) is 0 Å². The summed E-state index contributed by atoms with van der Waals surface area (Å²) in [5.41, 5.74) is 3.69. The summed E-state index contributed by atoms with van der Waals surface area (Å²) in [7, 11) is -0.692. The third kappa shape index (κ3) is 3.49. The van der Waals surface area contributed by atoms with Crippen LogP contribution in [0.3, 0.4) is 0 Å². The van der Waals surface area contributed by atoms with Gasteiger partial charge in [0.05, 0.1) is 0 Å². The van der Waals surface area contributed by atoms with Gasteiger partial charge in [0, 0.05) is 11.5 Å². The molecule has 1 atom stereocenters. The number of benzene rings is 2. The standard InChI is InChI=1S/C18H21OP/c1-5-11-20(17-9-7-6-8-10-17)19-18-15(3)12-14(2)13-16(18)4/h5-10,12-13H,1,11H2,2-4H3. The van der Waals surface area contributed by atoms with Crippen LogP contribution in [0.5, 0.6) is 5.75 Å². The minimum absolute atomic E-state index is 0.692. The van der Waals surface area contributed by atoms with Gasteiger partial charge in [-0.25, -0.2) is 0 Å². The van der Waals surface area contributed by atoms with Crippen molar-refractivity contribution in [2.75, 3.05) is 6.16 Å². The summed E-state index contributed by atoms with van der Waals surface area (Å²) in [6.45, 7) is 10.2. The van der Waals surface area contributed by atoms with Crippen molar-refractivity contribution in [2.24, 2.45) is 0 Å². The second-order valence-corrected chi connectivity index (χ2v) is 6.83. The van der Waals surface area contributed by atoms with Gasteiger partial charge in [0.2, 0.25) is 0 Å². The highest BCUT2D eigenvalue weighted by atomic mass is 31.1. The Morgan fingerprint density at radius 3 is 2.20 bits per heavy atom. The first-order valence-electron chi connectivity index (χ1n) is 6.81. The molecule has 2 aromatic rings. The molecule has 20 heavy (non-hydrogen) atoms. The zero-order valence-electron chi connectivity index (χ0n) is 12.4. The molecule has 0 spiro atoms. The molecule has 0 aliphatic rings. The van der Waals surface area contributed by atoms with Crippen molar-refractivity contribution in [3.05, 3.63) is 71.8 Å². The van der Waals surface area contributed by atoms with E-state index in [-0.39, 0.29) is 0 Å². The van der Waals surface area contributed by atoms with E-state index in [1.807, 2.05) is 12.1 Å². The topological polar surface area (TPSA) is 9.23 Å². The molecule has 2 rings (SSSR count). The number of allylic oxidation sites excluding steroid dienone is 1. The minimum Gasteiger partial charge on any atom is -0.468 e. The normalized spacial score (nSPS) is 11.9. The Hall–Kier alpha value is -1.59. The Morgan fingerprint density at radius 2 is 1.65 bits per heavy atom. The third-order valence-electron chi connectivity index (χ3n) is 3.15. The Labute approximate surface area is 123 Å². The van der Waals surface area contributed by atoms with Crippen LogP contribution in [0.4, 0.5) is 0 Å². The third-order valence-corrected chi connectivity index (χ3v) is 5.01. The molecule has 0 amide bonds. The smallest absolute Gasteiger partial charge is 0.129 e. The molecule has 0 saturated heterocycles. The quantitative estimate of drug-likeness (QED) is 0.560. The lowest BCUT2D eigenvalue weighted by molar-refractivity contribution is 0.611. The molecule has 0 fully saturated rings. The molecule has 0 aromatic heterocycles. The molecule has 104 valence electrons. The molecular weight excluding hydrogens is 263 g/mol. The fourth-order valence-corrected chi connectivity index (χ4v) is 3.97. The number of hydrogen-bond acceptors (Lipinski definition) is 1. The van der Waals surface area contributed by atoms with Crippen molar-refractivity contribution < 1.29 is 4.52 Å². The molecule has 0 aliphatic carbocycles. The van der Waals surface area contributed by atoms with E-state index in [9.17, 15) is 0 Å². The highest BCUT2D eigenvalue weighted by Gasteiger charge is 2.15. The summed E-state index contributed by atoms with van der Waals surface area (Å²) in [4.78, 5) is 0. The summed E-state index contributed by atoms with van der Waals surface area (Å²) in [5, 5.41) is 1.25. The van der Waals surface area contributed by atoms with Crippen molar-refractivity contribution in [3.63, 3.8) is 0 Å². The summed E-state index contributed by atoms with van der Waals surface area (Å²) in [6.07, 6.45) is 2.81. The molecule has 0 saturated carbocycles. The van der Waals surface area contributed by atoms with Crippen LogP contribution in [-0.2, 0) is 0 Å². The zero-order chi connectivity index (χ0) is 14.5. The van der Waals surface area contributed by atoms with Crippen LogP contribution in [0.1, 0.15) is 16.7 Å². The highest BCUT2D eigenvalue weighted by molar-refractivity contribution is 7.61. The number of rotatable bonds is 5. The fourth-order valence-electron chi connectivity index (χ4n) is 2.33. The Morgan fingerprint density at radius 1 is 1.05 bits per heavy atom. The fraction of sp³-hybridized carbons (Fsp3) is 0.222. The molecule has 2 aromatic carbocycles. The summed E-state index contributed by atoms with van der Waals surface area (Å²) in [6, 6.07) is 14.8. The van der Waals surface area contributed by atoms with Crippen LogP contribution in [0, 0.1) is 20.8 Å². The molecule has 0 bridgehead atoms. The van der Waals surface area contributed by atoms with Crippen LogP contribution in [0.15, 0.2) is 55.1 Å². The predicted molar refractivity (Wildman–Crippen MR) is 89.3 cm³/mol. The molecule has 0 heterocycles. The van der Waals surface area contributed by atoms with Crippen molar-refractivity contribution in [3.8, 4) is 5.75 Å². The maximum absolute atomic E-state index is 6.35. The van der Waals surface area contributed by atoms with Gasteiger partial charge in [-0.05, 0) is 31.9 Å². The highest BCUT2D eigenvalue weighted by Crippen LogP contribution is 2.40. The van der Waals surface area contributed by atoms with Gasteiger partial charge in [0.25, 0.3) is 0 Å². The van der Waals surface area contributed by atoms with Crippen LogP contribution in [0.2, 0.25) is 0 Å². The number of hydrogen-bond donors (Lipinski definition) is 0. The Kier molecular flexibility index (Phi) is 4.98. The molecule has 0 N–H and O–H groups in total. The molecule has 2 heteroatoms. The average molecular weight is 284 g/mol. The second kappa shape index (κ2) is 6.72. The van der Waals surface area contributed by atoms with E-state index in [4.69, 9.17) is 4.52 Å². The van der Waals surface area contributed by atoms with Crippen LogP contribution in [0.25, 0.3) is 0 Å². The van der Waals surface area contributed by atoms with Gasteiger partial charge in [-0.15, -0.1) is 6.58 Å². The summed E-state index contributed by atoms with van der Waals surface area (Å²) in [5.74, 6) is 1.02. The lowest BCUT2D eigenvalue weighted by Gasteiger charge is -2.21. The van der Waals surface area contributed by atoms with Crippen molar-refractivity contribution in [1.29, 1.82) is 0 Å². The van der Waals surface area contributed by atoms with Crippen LogP contribution >= 0.6 is 8.15 Å². The maximum atomic E-state index is 6.35. The first-order valence-corrected chi connectivity index (χ1v) is 8.25. The van der Waals surface area contributed by atoms with Gasteiger partial charge in [-0.3, -0.25) is 0 Å². The second-order valence-electron chi connectivity index (χ2n) is 5.00. The monoisotopic (exact) mass is 284 g/mol. The average Bonchev–Trinajstić information content (AvgIpc) is 2.42. The van der Waals surface area contributed by atoms with E-state index in [1.54, 1.807) is 0 Å².